The molecule has 5 nitrogen and oxygen atoms in total. The van der Waals surface area contributed by atoms with Crippen LogP contribution in [0.2, 0.25) is 0 Å². The van der Waals surface area contributed by atoms with Gasteiger partial charge < -0.3 is 4.90 Å². The fourth-order valence-electron chi connectivity index (χ4n) is 2.10. The van der Waals surface area contributed by atoms with Gasteiger partial charge in [-0.3, -0.25) is 9.89 Å². The molecule has 1 N–H and O–H groups in total. The highest BCUT2D eigenvalue weighted by molar-refractivity contribution is 5.90. The largest absolute Gasteiger partial charge is 0.336 e. The van der Waals surface area contributed by atoms with E-state index in [2.05, 4.69) is 36.0 Å². The lowest BCUT2D eigenvalue weighted by molar-refractivity contribution is 0.0723. The first kappa shape index (κ1) is 15.7. The number of rotatable bonds is 8. The molecule has 0 aliphatic heterocycles. The monoisotopic (exact) mass is 266 g/mol. The summed E-state index contributed by atoms with van der Waals surface area (Å²) < 4.78 is 0. The van der Waals surface area contributed by atoms with Gasteiger partial charge in [0.15, 0.2) is 0 Å². The normalized spacial score (nSPS) is 11.0. The highest BCUT2D eigenvalue weighted by Crippen LogP contribution is 2.11. The molecule has 0 unspecified atom stereocenters. The fraction of sp³-hybridized carbons (Fsp3) is 0.786. The van der Waals surface area contributed by atoms with Crippen LogP contribution in [0.3, 0.4) is 0 Å². The molecule has 1 rings (SSSR count). The molecule has 0 aliphatic carbocycles. The van der Waals surface area contributed by atoms with Crippen molar-refractivity contribution < 1.29 is 4.79 Å². The Hall–Kier alpha value is -1.39. The summed E-state index contributed by atoms with van der Waals surface area (Å²) >= 11 is 0. The zero-order chi connectivity index (χ0) is 14.3. The topological polar surface area (TPSA) is 61.9 Å². The molecule has 0 aromatic carbocycles. The van der Waals surface area contributed by atoms with Crippen LogP contribution < -0.4 is 0 Å². The van der Waals surface area contributed by atoms with E-state index >= 15 is 0 Å². The number of nitrogens with zero attached hydrogens (tertiary/aromatic N) is 3. The second-order valence-corrected chi connectivity index (χ2v) is 4.88. The third kappa shape index (κ3) is 4.33. The maximum absolute atomic E-state index is 12.3. The molecule has 0 bridgehead atoms. The number of hydrogen-bond acceptors (Lipinski definition) is 3. The van der Waals surface area contributed by atoms with Gasteiger partial charge in [0.25, 0.3) is 5.91 Å². The van der Waals surface area contributed by atoms with E-state index in [0.29, 0.717) is 18.3 Å². The summed E-state index contributed by atoms with van der Waals surface area (Å²) in [4.78, 5) is 18.5. The van der Waals surface area contributed by atoms with Crippen molar-refractivity contribution in [1.29, 1.82) is 0 Å². The molecule has 1 aromatic rings. The van der Waals surface area contributed by atoms with Crippen molar-refractivity contribution in [1.82, 2.24) is 20.1 Å². The molecule has 1 aromatic heterocycles. The lowest BCUT2D eigenvalue weighted by atomic mass is 10.0. The molecule has 0 saturated heterocycles. The van der Waals surface area contributed by atoms with Gasteiger partial charge >= 0.3 is 0 Å². The number of aromatic nitrogens is 3. The highest BCUT2D eigenvalue weighted by atomic mass is 16.2. The third-order valence-electron chi connectivity index (χ3n) is 3.51. The van der Waals surface area contributed by atoms with E-state index < -0.39 is 0 Å². The maximum Gasteiger partial charge on any atom is 0.293 e. The fourth-order valence-corrected chi connectivity index (χ4v) is 2.10. The lowest BCUT2D eigenvalue weighted by Gasteiger charge is -2.24. The van der Waals surface area contributed by atoms with Crippen molar-refractivity contribution in [2.75, 3.05) is 13.1 Å². The highest BCUT2D eigenvalue weighted by Gasteiger charge is 2.21. The summed E-state index contributed by atoms with van der Waals surface area (Å²) in [5.74, 6) is 1.59. The van der Waals surface area contributed by atoms with Crippen LogP contribution in [0, 0.1) is 5.92 Å². The zero-order valence-corrected chi connectivity index (χ0v) is 12.6. The smallest absolute Gasteiger partial charge is 0.293 e. The molecule has 1 heterocycles. The van der Waals surface area contributed by atoms with Crippen LogP contribution in [0.15, 0.2) is 0 Å². The molecule has 0 atom stereocenters. The predicted octanol–water partition coefficient (Wildman–Crippen LogP) is 2.66. The lowest BCUT2D eigenvalue weighted by Crippen LogP contribution is -2.35. The minimum atomic E-state index is -0.0620. The molecular weight excluding hydrogens is 240 g/mol. The van der Waals surface area contributed by atoms with Crippen molar-refractivity contribution >= 4 is 5.91 Å². The van der Waals surface area contributed by atoms with Crippen molar-refractivity contribution in [3.05, 3.63) is 11.6 Å². The standard InChI is InChI=1S/C14H26N4O/c1-5-9-12-15-13(17-16-12)14(19)18(8-4)10-11(6-2)7-3/h11H,5-10H2,1-4H3,(H,15,16,17). The van der Waals surface area contributed by atoms with Gasteiger partial charge in [0.1, 0.15) is 5.82 Å². The average molecular weight is 266 g/mol. The van der Waals surface area contributed by atoms with E-state index in [9.17, 15) is 4.79 Å². The Bertz CT molecular complexity index is 385. The first-order valence-electron chi connectivity index (χ1n) is 7.36. The number of amides is 1. The molecule has 0 spiro atoms. The quantitative estimate of drug-likeness (QED) is 0.787. The van der Waals surface area contributed by atoms with E-state index in [1.54, 1.807) is 0 Å². The predicted molar refractivity (Wildman–Crippen MR) is 76.0 cm³/mol. The minimum absolute atomic E-state index is 0.0620. The molecule has 19 heavy (non-hydrogen) atoms. The number of aryl methyl sites for hydroxylation is 1. The van der Waals surface area contributed by atoms with Gasteiger partial charge in [-0.25, -0.2) is 4.98 Å². The van der Waals surface area contributed by atoms with E-state index in [4.69, 9.17) is 0 Å². The number of carbonyl (C=O) groups excluding carboxylic acids is 1. The third-order valence-corrected chi connectivity index (χ3v) is 3.51. The van der Waals surface area contributed by atoms with E-state index in [1.165, 1.54) is 0 Å². The second kappa shape index (κ2) is 7.92. The molecule has 0 saturated carbocycles. The summed E-state index contributed by atoms with van der Waals surface area (Å²) in [7, 11) is 0. The molecular formula is C14H26N4O. The summed E-state index contributed by atoms with van der Waals surface area (Å²) in [6, 6.07) is 0. The van der Waals surface area contributed by atoms with Crippen LogP contribution in [-0.2, 0) is 6.42 Å². The van der Waals surface area contributed by atoms with Crippen molar-refractivity contribution in [3.8, 4) is 0 Å². The molecule has 5 heteroatoms. The van der Waals surface area contributed by atoms with Crippen molar-refractivity contribution in [3.63, 3.8) is 0 Å². The number of carbonyl (C=O) groups is 1. The van der Waals surface area contributed by atoms with Gasteiger partial charge in [-0.05, 0) is 19.3 Å². The van der Waals surface area contributed by atoms with Crippen LogP contribution in [0.1, 0.15) is 63.4 Å². The van der Waals surface area contributed by atoms with E-state index in [1.807, 2.05) is 11.8 Å². The molecule has 0 radical (unpaired) electrons. The van der Waals surface area contributed by atoms with Crippen LogP contribution in [0.5, 0.6) is 0 Å². The Morgan fingerprint density at radius 1 is 1.26 bits per heavy atom. The van der Waals surface area contributed by atoms with E-state index in [-0.39, 0.29) is 5.91 Å². The van der Waals surface area contributed by atoms with Gasteiger partial charge in [0.05, 0.1) is 0 Å². The van der Waals surface area contributed by atoms with Gasteiger partial charge in [-0.2, -0.15) is 0 Å². The van der Waals surface area contributed by atoms with Crippen molar-refractivity contribution in [2.45, 2.75) is 53.4 Å². The maximum atomic E-state index is 12.3. The Morgan fingerprint density at radius 2 is 1.95 bits per heavy atom. The molecule has 1 amide bonds. The molecule has 108 valence electrons. The van der Waals surface area contributed by atoms with Gasteiger partial charge in [-0.1, -0.05) is 33.6 Å². The van der Waals surface area contributed by atoms with Crippen LogP contribution in [0.25, 0.3) is 0 Å². The SMILES string of the molecule is CCCc1nc(C(=O)N(CC)CC(CC)CC)n[nH]1. The summed E-state index contributed by atoms with van der Waals surface area (Å²) in [5, 5.41) is 6.87. The summed E-state index contributed by atoms with van der Waals surface area (Å²) in [5.41, 5.74) is 0. The van der Waals surface area contributed by atoms with Gasteiger partial charge in [-0.15, -0.1) is 5.10 Å². The van der Waals surface area contributed by atoms with E-state index in [0.717, 1.165) is 38.1 Å². The van der Waals surface area contributed by atoms with Gasteiger partial charge in [0.2, 0.25) is 5.82 Å². The van der Waals surface area contributed by atoms with Crippen molar-refractivity contribution in [2.24, 2.45) is 5.92 Å². The molecule has 0 fully saturated rings. The Balaban J connectivity index is 2.71. The first-order valence-corrected chi connectivity index (χ1v) is 7.36. The first-order chi connectivity index (χ1) is 9.15. The Morgan fingerprint density at radius 3 is 2.47 bits per heavy atom. The summed E-state index contributed by atoms with van der Waals surface area (Å²) in [6.45, 7) is 9.90. The number of H-pyrrole nitrogens is 1. The molecule has 0 aliphatic rings. The average Bonchev–Trinajstić information content (AvgIpc) is 2.89. The minimum Gasteiger partial charge on any atom is -0.336 e. The van der Waals surface area contributed by atoms with Crippen LogP contribution in [0.4, 0.5) is 0 Å². The zero-order valence-electron chi connectivity index (χ0n) is 12.6. The Labute approximate surface area is 115 Å². The second-order valence-electron chi connectivity index (χ2n) is 4.88. The number of nitrogens with one attached hydrogen (secondary N) is 1. The van der Waals surface area contributed by atoms with Gasteiger partial charge in [0, 0.05) is 19.5 Å². The van der Waals surface area contributed by atoms with Crippen LogP contribution >= 0.6 is 0 Å². The summed E-state index contributed by atoms with van der Waals surface area (Å²) in [6.07, 6.45) is 4.01. The number of aromatic amines is 1. The Kier molecular flexibility index (Phi) is 6.53. The van der Waals surface area contributed by atoms with Crippen LogP contribution in [-0.4, -0.2) is 39.1 Å². The number of hydrogen-bond donors (Lipinski definition) is 1.